The topological polar surface area (TPSA) is 16.4 Å². The van der Waals surface area contributed by atoms with Gasteiger partial charge >= 0.3 is 0 Å². The number of anilines is 3. The lowest BCUT2D eigenvalue weighted by Gasteiger charge is -2.29. The van der Waals surface area contributed by atoms with Crippen molar-refractivity contribution in [1.29, 1.82) is 0 Å². The summed E-state index contributed by atoms with van der Waals surface area (Å²) in [5.74, 6) is 0. The van der Waals surface area contributed by atoms with Crippen LogP contribution in [-0.4, -0.2) is 0 Å². The van der Waals surface area contributed by atoms with Crippen LogP contribution in [0.4, 0.5) is 17.1 Å². The second-order valence-electron chi connectivity index (χ2n) is 13.7. The Hall–Kier alpha value is -7.16. The molecule has 254 valence electrons. The Labute approximate surface area is 314 Å². The number of benzene rings is 9. The molecule has 0 radical (unpaired) electrons. The summed E-state index contributed by atoms with van der Waals surface area (Å²) in [4.78, 5) is 2.42. The molecule has 54 heavy (non-hydrogen) atoms. The van der Waals surface area contributed by atoms with E-state index < -0.39 is 0 Å². The van der Waals surface area contributed by atoms with Crippen LogP contribution in [0.5, 0.6) is 0 Å². The van der Waals surface area contributed by atoms with Crippen LogP contribution in [0.15, 0.2) is 217 Å². The molecule has 2 nitrogen and oxygen atoms in total. The summed E-state index contributed by atoms with van der Waals surface area (Å²) >= 11 is 0. The molecule has 0 amide bonds. The highest BCUT2D eigenvalue weighted by atomic mass is 16.3. The average molecular weight is 690 g/mol. The predicted molar refractivity (Wildman–Crippen MR) is 228 cm³/mol. The SMILES string of the molecule is c1ccc(-c2ccc(N(c3cccc(-c4ccc5oc6ccccc6c5c4)c3)c3cc(-c4cccc5ccccc45)ccc3-c3ccccc3)cc2)cc1. The van der Waals surface area contributed by atoms with Crippen LogP contribution in [-0.2, 0) is 0 Å². The average Bonchev–Trinajstić information content (AvgIpc) is 3.63. The standard InChI is InChI=1S/C52H35NO/c1-3-13-36(14-4-1)37-25-29-43(30-26-37)53(44-20-11-19-40(33-44)41-28-32-52-49(34-41)48-22-9-10-24-51(48)54-52)50-35-42(27-31-47(50)39-15-5-2-6-16-39)46-23-12-18-38-17-7-8-21-45(38)46/h1-35H. The number of hydrogen-bond donors (Lipinski definition) is 0. The van der Waals surface area contributed by atoms with Crippen molar-refractivity contribution in [3.8, 4) is 44.5 Å². The molecule has 10 rings (SSSR count). The van der Waals surface area contributed by atoms with E-state index in [1.165, 1.54) is 33.0 Å². The monoisotopic (exact) mass is 689 g/mol. The Morgan fingerprint density at radius 3 is 1.72 bits per heavy atom. The highest BCUT2D eigenvalue weighted by Gasteiger charge is 2.20. The lowest BCUT2D eigenvalue weighted by atomic mass is 9.94. The summed E-state index contributed by atoms with van der Waals surface area (Å²) in [6, 6.07) is 76.1. The largest absolute Gasteiger partial charge is 0.456 e. The van der Waals surface area contributed by atoms with Gasteiger partial charge in [-0.1, -0.05) is 164 Å². The smallest absolute Gasteiger partial charge is 0.135 e. The van der Waals surface area contributed by atoms with Crippen molar-refractivity contribution < 1.29 is 4.42 Å². The maximum atomic E-state index is 6.18. The molecule has 0 N–H and O–H groups in total. The number of nitrogens with zero attached hydrogens (tertiary/aromatic N) is 1. The number of furan rings is 1. The van der Waals surface area contributed by atoms with Crippen LogP contribution in [0.2, 0.25) is 0 Å². The number of para-hydroxylation sites is 1. The molecule has 0 atom stereocenters. The predicted octanol–water partition coefficient (Wildman–Crippen LogP) is 14.9. The Kier molecular flexibility index (Phi) is 7.85. The van der Waals surface area contributed by atoms with Gasteiger partial charge in [-0.2, -0.15) is 0 Å². The third-order valence-corrected chi connectivity index (χ3v) is 10.5. The minimum Gasteiger partial charge on any atom is -0.456 e. The third-order valence-electron chi connectivity index (χ3n) is 10.5. The maximum Gasteiger partial charge on any atom is 0.135 e. The Morgan fingerprint density at radius 1 is 0.296 bits per heavy atom. The van der Waals surface area contributed by atoms with E-state index in [-0.39, 0.29) is 0 Å². The van der Waals surface area contributed by atoms with Gasteiger partial charge in [-0.15, -0.1) is 0 Å². The van der Waals surface area contributed by atoms with Gasteiger partial charge in [0.25, 0.3) is 0 Å². The Balaban J connectivity index is 1.19. The van der Waals surface area contributed by atoms with E-state index in [1.54, 1.807) is 0 Å². The molecule has 1 aromatic heterocycles. The molecule has 0 aliphatic heterocycles. The quantitative estimate of drug-likeness (QED) is 0.166. The van der Waals surface area contributed by atoms with Crippen molar-refractivity contribution in [3.05, 3.63) is 212 Å². The normalized spacial score (nSPS) is 11.3. The van der Waals surface area contributed by atoms with Gasteiger partial charge < -0.3 is 9.32 Å². The zero-order valence-electron chi connectivity index (χ0n) is 29.6. The van der Waals surface area contributed by atoms with Crippen molar-refractivity contribution in [2.45, 2.75) is 0 Å². The van der Waals surface area contributed by atoms with Crippen molar-refractivity contribution >= 4 is 49.8 Å². The van der Waals surface area contributed by atoms with Crippen LogP contribution >= 0.6 is 0 Å². The molecule has 9 aromatic carbocycles. The fourth-order valence-corrected chi connectivity index (χ4v) is 7.81. The van der Waals surface area contributed by atoms with E-state index in [4.69, 9.17) is 4.42 Å². The van der Waals surface area contributed by atoms with Gasteiger partial charge in [0.15, 0.2) is 0 Å². The molecule has 0 fully saturated rings. The minimum absolute atomic E-state index is 0.897. The molecule has 0 aliphatic rings. The van der Waals surface area contributed by atoms with E-state index in [1.807, 2.05) is 12.1 Å². The summed E-state index contributed by atoms with van der Waals surface area (Å²) in [5.41, 5.74) is 14.4. The molecular weight excluding hydrogens is 655 g/mol. The van der Waals surface area contributed by atoms with Crippen LogP contribution in [0, 0.1) is 0 Å². The van der Waals surface area contributed by atoms with Crippen molar-refractivity contribution in [2.24, 2.45) is 0 Å². The zero-order valence-corrected chi connectivity index (χ0v) is 29.6. The van der Waals surface area contributed by atoms with Crippen LogP contribution < -0.4 is 4.90 Å². The highest BCUT2D eigenvalue weighted by Crippen LogP contribution is 2.45. The Morgan fingerprint density at radius 2 is 0.889 bits per heavy atom. The summed E-state index contributed by atoms with van der Waals surface area (Å²) in [5, 5.41) is 4.72. The fourth-order valence-electron chi connectivity index (χ4n) is 7.81. The minimum atomic E-state index is 0.897. The lowest BCUT2D eigenvalue weighted by molar-refractivity contribution is 0.669. The molecule has 0 bridgehead atoms. The second-order valence-corrected chi connectivity index (χ2v) is 13.7. The number of rotatable bonds is 7. The zero-order chi connectivity index (χ0) is 35.8. The molecule has 0 unspecified atom stereocenters. The van der Waals surface area contributed by atoms with E-state index in [0.29, 0.717) is 0 Å². The second kappa shape index (κ2) is 13.4. The van der Waals surface area contributed by atoms with E-state index >= 15 is 0 Å². The summed E-state index contributed by atoms with van der Waals surface area (Å²) in [7, 11) is 0. The maximum absolute atomic E-state index is 6.18. The first-order valence-corrected chi connectivity index (χ1v) is 18.4. The molecule has 1 heterocycles. The molecule has 0 aliphatic carbocycles. The summed E-state index contributed by atoms with van der Waals surface area (Å²) < 4.78 is 6.18. The number of fused-ring (bicyclic) bond motifs is 4. The molecular formula is C52H35NO. The van der Waals surface area contributed by atoms with Crippen LogP contribution in [0.1, 0.15) is 0 Å². The number of hydrogen-bond acceptors (Lipinski definition) is 2. The van der Waals surface area contributed by atoms with E-state index in [0.717, 1.165) is 61.3 Å². The lowest BCUT2D eigenvalue weighted by Crippen LogP contribution is -2.11. The van der Waals surface area contributed by atoms with E-state index in [9.17, 15) is 0 Å². The van der Waals surface area contributed by atoms with E-state index in [2.05, 4.69) is 205 Å². The van der Waals surface area contributed by atoms with Crippen molar-refractivity contribution in [1.82, 2.24) is 0 Å². The van der Waals surface area contributed by atoms with Crippen molar-refractivity contribution in [2.75, 3.05) is 4.90 Å². The highest BCUT2D eigenvalue weighted by molar-refractivity contribution is 6.06. The molecule has 10 aromatic rings. The van der Waals surface area contributed by atoms with Gasteiger partial charge in [-0.3, -0.25) is 0 Å². The molecule has 0 saturated carbocycles. The van der Waals surface area contributed by atoms with Gasteiger partial charge in [-0.25, -0.2) is 0 Å². The summed E-state index contributed by atoms with van der Waals surface area (Å²) in [6.45, 7) is 0. The van der Waals surface area contributed by atoms with Gasteiger partial charge in [0, 0.05) is 27.7 Å². The summed E-state index contributed by atoms with van der Waals surface area (Å²) in [6.07, 6.45) is 0. The van der Waals surface area contributed by atoms with Gasteiger partial charge in [0.2, 0.25) is 0 Å². The van der Waals surface area contributed by atoms with Gasteiger partial charge in [0.1, 0.15) is 11.2 Å². The van der Waals surface area contributed by atoms with Crippen molar-refractivity contribution in [3.63, 3.8) is 0 Å². The Bertz CT molecular complexity index is 2920. The first-order chi connectivity index (χ1) is 26.8. The van der Waals surface area contributed by atoms with Gasteiger partial charge in [-0.05, 0) is 98.2 Å². The van der Waals surface area contributed by atoms with Crippen LogP contribution in [0.25, 0.3) is 77.2 Å². The van der Waals surface area contributed by atoms with Crippen LogP contribution in [0.3, 0.4) is 0 Å². The third kappa shape index (κ3) is 5.71. The molecule has 2 heteroatoms. The first-order valence-electron chi connectivity index (χ1n) is 18.4. The van der Waals surface area contributed by atoms with Gasteiger partial charge in [0.05, 0.1) is 5.69 Å². The fraction of sp³-hybridized carbons (Fsp3) is 0. The molecule has 0 spiro atoms. The molecule has 0 saturated heterocycles. The first kappa shape index (κ1) is 31.6.